The summed E-state index contributed by atoms with van der Waals surface area (Å²) in [5.41, 5.74) is 1.37. The molecule has 0 fully saturated rings. The second-order valence-electron chi connectivity index (χ2n) is 11.5. The molecule has 0 radical (unpaired) electrons. The number of fused-ring (bicyclic) bond motifs is 1. The zero-order valence-corrected chi connectivity index (χ0v) is 25.5. The van der Waals surface area contributed by atoms with Crippen LogP contribution < -0.4 is 9.46 Å². The van der Waals surface area contributed by atoms with Gasteiger partial charge < -0.3 is 14.2 Å². The summed E-state index contributed by atoms with van der Waals surface area (Å²) >= 11 is 0. The smallest absolute Gasteiger partial charge is 0.344 e. The predicted octanol–water partition coefficient (Wildman–Crippen LogP) is 6.02. The van der Waals surface area contributed by atoms with Crippen LogP contribution in [0.3, 0.4) is 0 Å². The molecular weight excluding hydrogens is 542 g/mol. The van der Waals surface area contributed by atoms with Crippen LogP contribution in [0.1, 0.15) is 60.1 Å². The van der Waals surface area contributed by atoms with Gasteiger partial charge in [-0.25, -0.2) is 18.0 Å². The Bertz CT molecular complexity index is 1600. The van der Waals surface area contributed by atoms with Crippen molar-refractivity contribution in [2.45, 2.75) is 70.6 Å². The fraction of sp³-hybridized carbons (Fsp3) is 0.344. The lowest BCUT2D eigenvalue weighted by molar-refractivity contribution is -0.150. The number of nitrogens with one attached hydrogen (secondary N) is 1. The van der Waals surface area contributed by atoms with Gasteiger partial charge in [-0.1, -0.05) is 42.1 Å². The second-order valence-corrected chi connectivity index (χ2v) is 13.2. The lowest BCUT2D eigenvalue weighted by Crippen LogP contribution is -2.34. The summed E-state index contributed by atoms with van der Waals surface area (Å²) in [7, 11) is -2.71. The van der Waals surface area contributed by atoms with E-state index >= 15 is 0 Å². The molecule has 0 aliphatic carbocycles. The first-order valence-electron chi connectivity index (χ1n) is 13.1. The number of benzene rings is 3. The first kappa shape index (κ1) is 31.6. The van der Waals surface area contributed by atoms with Crippen LogP contribution in [-0.4, -0.2) is 38.7 Å². The summed E-state index contributed by atoms with van der Waals surface area (Å²) in [5, 5.41) is 1.76. The number of methoxy groups -OCH3 is 1. The normalized spacial score (nSPS) is 12.7. The molecule has 0 unspecified atom stereocenters. The van der Waals surface area contributed by atoms with Gasteiger partial charge in [0.2, 0.25) is 10.0 Å². The van der Waals surface area contributed by atoms with E-state index in [1.807, 2.05) is 30.3 Å². The van der Waals surface area contributed by atoms with E-state index in [0.717, 1.165) is 10.8 Å². The van der Waals surface area contributed by atoms with Gasteiger partial charge in [0.25, 0.3) is 0 Å². The minimum absolute atomic E-state index is 0.0183. The minimum Gasteiger partial charge on any atom is -0.497 e. The Kier molecular flexibility index (Phi) is 9.49. The number of sulfonamides is 1. The van der Waals surface area contributed by atoms with Gasteiger partial charge in [0, 0.05) is 0 Å². The Morgan fingerprint density at radius 3 is 1.93 bits per heavy atom. The van der Waals surface area contributed by atoms with Gasteiger partial charge >= 0.3 is 11.9 Å². The van der Waals surface area contributed by atoms with Crippen LogP contribution in [0.2, 0.25) is 0 Å². The SMILES string of the molecule is COc1ccc(S(=O)(=O)N[C@@H](C(=C=C(C)C(=O)OC(C)(C)C)C(=O)OC(C)(C)C)c2ccc3ccccc3c2)cc1. The van der Waals surface area contributed by atoms with Crippen molar-refractivity contribution in [3.05, 3.63) is 89.2 Å². The number of rotatable bonds is 8. The molecule has 3 aromatic carbocycles. The molecule has 9 heteroatoms. The highest BCUT2D eigenvalue weighted by atomic mass is 32.2. The van der Waals surface area contributed by atoms with Gasteiger partial charge in [0.05, 0.1) is 23.6 Å². The first-order chi connectivity index (χ1) is 19.0. The fourth-order valence-electron chi connectivity index (χ4n) is 3.84. The van der Waals surface area contributed by atoms with Crippen LogP contribution in [0.4, 0.5) is 0 Å². The van der Waals surface area contributed by atoms with Crippen LogP contribution in [0.15, 0.2) is 88.5 Å². The van der Waals surface area contributed by atoms with E-state index in [1.54, 1.807) is 53.7 Å². The van der Waals surface area contributed by atoms with Gasteiger partial charge in [-0.05, 0) is 95.1 Å². The molecule has 3 rings (SSSR count). The molecule has 8 nitrogen and oxygen atoms in total. The average molecular weight is 580 g/mol. The number of hydrogen-bond donors (Lipinski definition) is 1. The van der Waals surface area contributed by atoms with E-state index in [0.29, 0.717) is 11.3 Å². The topological polar surface area (TPSA) is 108 Å². The van der Waals surface area contributed by atoms with Gasteiger partial charge in [-0.15, -0.1) is 0 Å². The number of carbonyl (C=O) groups is 2. The van der Waals surface area contributed by atoms with Gasteiger partial charge in [0.15, 0.2) is 0 Å². The number of esters is 2. The van der Waals surface area contributed by atoms with Crippen LogP contribution in [0.5, 0.6) is 5.75 Å². The van der Waals surface area contributed by atoms with E-state index in [4.69, 9.17) is 14.2 Å². The van der Waals surface area contributed by atoms with E-state index in [1.165, 1.54) is 38.3 Å². The van der Waals surface area contributed by atoms with Gasteiger partial charge in [-0.2, -0.15) is 4.72 Å². The maximum atomic E-state index is 13.7. The monoisotopic (exact) mass is 579 g/mol. The molecule has 0 saturated carbocycles. The van der Waals surface area contributed by atoms with Crippen molar-refractivity contribution in [2.75, 3.05) is 7.11 Å². The summed E-state index contributed by atoms with van der Waals surface area (Å²) < 4.78 is 46.2. The largest absolute Gasteiger partial charge is 0.497 e. The summed E-state index contributed by atoms with van der Waals surface area (Å²) in [4.78, 5) is 26.5. The first-order valence-corrected chi connectivity index (χ1v) is 14.6. The zero-order chi connectivity index (χ0) is 30.6. The molecule has 41 heavy (non-hydrogen) atoms. The molecule has 0 aliphatic rings. The molecule has 0 spiro atoms. The van der Waals surface area contributed by atoms with Crippen LogP contribution in [0.25, 0.3) is 10.8 Å². The van der Waals surface area contributed by atoms with Crippen molar-refractivity contribution in [3.63, 3.8) is 0 Å². The minimum atomic E-state index is -4.19. The quantitative estimate of drug-likeness (QED) is 0.197. The average Bonchev–Trinajstić information content (AvgIpc) is 2.88. The van der Waals surface area contributed by atoms with Crippen molar-refractivity contribution < 1.29 is 32.2 Å². The second kappa shape index (κ2) is 12.3. The predicted molar refractivity (Wildman–Crippen MR) is 158 cm³/mol. The molecule has 0 aromatic heterocycles. The van der Waals surface area contributed by atoms with Crippen molar-refractivity contribution in [2.24, 2.45) is 0 Å². The van der Waals surface area contributed by atoms with Crippen LogP contribution in [0, 0.1) is 0 Å². The Morgan fingerprint density at radius 1 is 0.805 bits per heavy atom. The highest BCUT2D eigenvalue weighted by Crippen LogP contribution is 2.30. The molecule has 0 saturated heterocycles. The fourth-order valence-corrected chi connectivity index (χ4v) is 5.04. The third-order valence-electron chi connectivity index (χ3n) is 5.68. The van der Waals surface area contributed by atoms with E-state index < -0.39 is 39.2 Å². The van der Waals surface area contributed by atoms with Crippen LogP contribution in [-0.2, 0) is 29.1 Å². The van der Waals surface area contributed by atoms with Crippen molar-refractivity contribution >= 4 is 32.7 Å². The van der Waals surface area contributed by atoms with Gasteiger partial charge in [-0.3, -0.25) is 0 Å². The maximum Gasteiger partial charge on any atom is 0.344 e. The highest BCUT2D eigenvalue weighted by molar-refractivity contribution is 7.89. The molecule has 0 bridgehead atoms. The highest BCUT2D eigenvalue weighted by Gasteiger charge is 2.32. The number of hydrogen-bond acceptors (Lipinski definition) is 7. The third kappa shape index (κ3) is 8.79. The molecule has 0 aliphatic heterocycles. The number of ether oxygens (including phenoxy) is 3. The molecule has 1 N–H and O–H groups in total. The summed E-state index contributed by atoms with van der Waals surface area (Å²) in [5.74, 6) is -1.05. The van der Waals surface area contributed by atoms with Crippen molar-refractivity contribution in [3.8, 4) is 5.75 Å². The number of carbonyl (C=O) groups excluding carboxylic acids is 2. The molecule has 0 amide bonds. The molecule has 0 heterocycles. The Morgan fingerprint density at radius 2 is 1.37 bits per heavy atom. The Hall–Kier alpha value is -3.91. The van der Waals surface area contributed by atoms with E-state index in [2.05, 4.69) is 10.5 Å². The van der Waals surface area contributed by atoms with Crippen LogP contribution >= 0.6 is 0 Å². The Labute approximate surface area is 242 Å². The molecule has 1 atom stereocenters. The zero-order valence-electron chi connectivity index (χ0n) is 24.7. The van der Waals surface area contributed by atoms with E-state index in [-0.39, 0.29) is 16.0 Å². The summed E-state index contributed by atoms with van der Waals surface area (Å²) in [6.07, 6.45) is 0. The van der Waals surface area contributed by atoms with Crippen molar-refractivity contribution in [1.82, 2.24) is 4.72 Å². The van der Waals surface area contributed by atoms with Crippen molar-refractivity contribution in [1.29, 1.82) is 0 Å². The van der Waals surface area contributed by atoms with Gasteiger partial charge in [0.1, 0.15) is 22.5 Å². The summed E-state index contributed by atoms with van der Waals surface area (Å²) in [6.45, 7) is 11.7. The molecule has 3 aromatic rings. The lowest BCUT2D eigenvalue weighted by Gasteiger charge is -2.25. The molecule has 218 valence electrons. The molecular formula is C32H37NO7S. The third-order valence-corrected chi connectivity index (χ3v) is 7.12. The lowest BCUT2D eigenvalue weighted by atomic mass is 9.96. The summed E-state index contributed by atoms with van der Waals surface area (Å²) in [6, 6.07) is 17.5. The van der Waals surface area contributed by atoms with E-state index in [9.17, 15) is 18.0 Å². The standard InChI is InChI=1S/C32H37NO7S/c1-21(29(34)39-31(2,3)4)19-27(30(35)40-32(5,6)7)28(24-14-13-22-11-9-10-12-23(22)20-24)33-41(36,37)26-17-15-25(38-8)16-18-26/h9-18,20,28,33H,1-8H3/t19?,28-/m1/s1. The Balaban J connectivity index is 2.27. The maximum absolute atomic E-state index is 13.7.